The van der Waals surface area contributed by atoms with Crippen molar-refractivity contribution in [3.8, 4) is 0 Å². The fraction of sp³-hybridized carbons (Fsp3) is 0.500. The van der Waals surface area contributed by atoms with Crippen LogP contribution >= 0.6 is 11.8 Å². The Morgan fingerprint density at radius 1 is 1.50 bits per heavy atom. The van der Waals surface area contributed by atoms with E-state index in [1.165, 1.54) is 17.7 Å². The second kappa shape index (κ2) is 7.44. The third-order valence-electron chi connectivity index (χ3n) is 3.02. The molecule has 1 amide bonds. The molecule has 18 heavy (non-hydrogen) atoms. The quantitative estimate of drug-likeness (QED) is 0.796. The van der Waals surface area contributed by atoms with Gasteiger partial charge in [0, 0.05) is 18.2 Å². The molecule has 0 aliphatic carbocycles. The van der Waals surface area contributed by atoms with Gasteiger partial charge >= 0.3 is 0 Å². The van der Waals surface area contributed by atoms with Crippen LogP contribution in [-0.2, 0) is 6.54 Å². The number of carbonyl (C=O) groups is 1. The number of hydrogen-bond acceptors (Lipinski definition) is 3. The first-order valence-electron chi connectivity index (χ1n) is 6.16. The Morgan fingerprint density at radius 3 is 2.78 bits per heavy atom. The van der Waals surface area contributed by atoms with Crippen molar-refractivity contribution in [1.29, 1.82) is 0 Å². The van der Waals surface area contributed by atoms with E-state index in [9.17, 15) is 4.79 Å². The molecule has 3 nitrogen and oxygen atoms in total. The minimum Gasteiger partial charge on any atom is -0.366 e. The van der Waals surface area contributed by atoms with Crippen LogP contribution in [0.15, 0.2) is 18.2 Å². The topological polar surface area (TPSA) is 55.1 Å². The molecule has 1 aromatic rings. The molecular formula is C14H22N2OS. The maximum atomic E-state index is 11.1. The lowest BCUT2D eigenvalue weighted by Gasteiger charge is -2.14. The summed E-state index contributed by atoms with van der Waals surface area (Å²) in [6.45, 7) is 5.04. The van der Waals surface area contributed by atoms with E-state index in [0.717, 1.165) is 12.1 Å². The van der Waals surface area contributed by atoms with Crippen molar-refractivity contribution in [3.63, 3.8) is 0 Å². The van der Waals surface area contributed by atoms with Crippen molar-refractivity contribution < 1.29 is 4.79 Å². The molecule has 100 valence electrons. The molecule has 1 unspecified atom stereocenters. The van der Waals surface area contributed by atoms with E-state index < -0.39 is 0 Å². The molecular weight excluding hydrogens is 244 g/mol. The zero-order valence-electron chi connectivity index (χ0n) is 11.3. The molecule has 1 atom stereocenters. The number of amides is 1. The molecule has 0 radical (unpaired) electrons. The fourth-order valence-corrected chi connectivity index (χ4v) is 2.32. The molecule has 0 aromatic heterocycles. The van der Waals surface area contributed by atoms with Gasteiger partial charge in [0.25, 0.3) is 0 Å². The average Bonchev–Trinajstić information content (AvgIpc) is 2.34. The lowest BCUT2D eigenvalue weighted by atomic mass is 10.0. The van der Waals surface area contributed by atoms with Gasteiger partial charge in [-0.25, -0.2) is 0 Å². The zero-order chi connectivity index (χ0) is 13.5. The van der Waals surface area contributed by atoms with Gasteiger partial charge in [-0.15, -0.1) is 0 Å². The van der Waals surface area contributed by atoms with Crippen LogP contribution in [0.25, 0.3) is 0 Å². The summed E-state index contributed by atoms with van der Waals surface area (Å²) in [5, 5.41) is 3.49. The highest BCUT2D eigenvalue weighted by Crippen LogP contribution is 2.11. The van der Waals surface area contributed by atoms with E-state index in [2.05, 4.69) is 18.5 Å². The summed E-state index contributed by atoms with van der Waals surface area (Å²) in [5.41, 5.74) is 8.15. The first-order chi connectivity index (χ1) is 8.54. The maximum Gasteiger partial charge on any atom is 0.248 e. The number of rotatable bonds is 7. The normalized spacial score (nSPS) is 12.4. The summed E-state index contributed by atoms with van der Waals surface area (Å²) in [5.74, 6) is 0.805. The number of aryl methyl sites for hydroxylation is 1. The number of hydrogen-bond donors (Lipinski definition) is 2. The van der Waals surface area contributed by atoms with Crippen LogP contribution in [0.5, 0.6) is 0 Å². The van der Waals surface area contributed by atoms with Gasteiger partial charge in [0.15, 0.2) is 0 Å². The van der Waals surface area contributed by atoms with Crippen molar-refractivity contribution in [1.82, 2.24) is 5.32 Å². The van der Waals surface area contributed by atoms with Crippen molar-refractivity contribution >= 4 is 17.7 Å². The van der Waals surface area contributed by atoms with E-state index in [1.54, 1.807) is 6.07 Å². The van der Waals surface area contributed by atoms with Crippen LogP contribution in [0, 0.1) is 6.92 Å². The average molecular weight is 266 g/mol. The van der Waals surface area contributed by atoms with Crippen LogP contribution in [-0.4, -0.2) is 24.0 Å². The number of benzene rings is 1. The lowest BCUT2D eigenvalue weighted by molar-refractivity contribution is 0.1000. The van der Waals surface area contributed by atoms with Crippen molar-refractivity contribution in [2.45, 2.75) is 32.9 Å². The first kappa shape index (κ1) is 15.1. The number of nitrogens with one attached hydrogen (secondary N) is 1. The Hall–Kier alpha value is -1.00. The second-order valence-corrected chi connectivity index (χ2v) is 5.55. The van der Waals surface area contributed by atoms with Gasteiger partial charge in [-0.3, -0.25) is 4.79 Å². The Kier molecular flexibility index (Phi) is 6.22. The zero-order valence-corrected chi connectivity index (χ0v) is 12.1. The van der Waals surface area contributed by atoms with Gasteiger partial charge in [0.05, 0.1) is 0 Å². The van der Waals surface area contributed by atoms with Crippen LogP contribution in [0.1, 0.15) is 34.8 Å². The predicted molar refractivity (Wildman–Crippen MR) is 79.0 cm³/mol. The summed E-state index contributed by atoms with van der Waals surface area (Å²) < 4.78 is 0. The van der Waals surface area contributed by atoms with Crippen molar-refractivity contribution in [2.75, 3.05) is 12.0 Å². The molecule has 0 aliphatic heterocycles. The van der Waals surface area contributed by atoms with E-state index in [1.807, 2.05) is 30.8 Å². The third-order valence-corrected chi connectivity index (χ3v) is 3.67. The Labute approximate surface area is 114 Å². The fourth-order valence-electron chi connectivity index (χ4n) is 1.73. The highest BCUT2D eigenvalue weighted by Gasteiger charge is 2.06. The molecule has 1 rings (SSSR count). The van der Waals surface area contributed by atoms with E-state index in [0.29, 0.717) is 11.6 Å². The number of thioether (sulfide) groups is 1. The summed E-state index contributed by atoms with van der Waals surface area (Å²) in [4.78, 5) is 11.1. The van der Waals surface area contributed by atoms with Gasteiger partial charge < -0.3 is 11.1 Å². The van der Waals surface area contributed by atoms with Gasteiger partial charge in [-0.05, 0) is 55.5 Å². The maximum absolute atomic E-state index is 11.1. The lowest BCUT2D eigenvalue weighted by Crippen LogP contribution is -2.26. The molecule has 0 bridgehead atoms. The highest BCUT2D eigenvalue weighted by atomic mass is 32.2. The van der Waals surface area contributed by atoms with Gasteiger partial charge in [-0.2, -0.15) is 11.8 Å². The Morgan fingerprint density at radius 2 is 2.22 bits per heavy atom. The SMILES string of the molecule is CSCCC(C)NCc1ccc(C(N)=O)cc1C. The molecule has 3 N–H and O–H groups in total. The summed E-state index contributed by atoms with van der Waals surface area (Å²) in [6, 6.07) is 6.13. The van der Waals surface area contributed by atoms with Gasteiger partial charge in [-0.1, -0.05) is 6.07 Å². The molecule has 0 spiro atoms. The summed E-state index contributed by atoms with van der Waals surface area (Å²) in [7, 11) is 0. The summed E-state index contributed by atoms with van der Waals surface area (Å²) >= 11 is 1.87. The highest BCUT2D eigenvalue weighted by molar-refractivity contribution is 7.98. The van der Waals surface area contributed by atoms with Crippen LogP contribution < -0.4 is 11.1 Å². The molecule has 0 fully saturated rings. The van der Waals surface area contributed by atoms with Crippen LogP contribution in [0.3, 0.4) is 0 Å². The number of nitrogens with two attached hydrogens (primary N) is 1. The Bertz CT molecular complexity index is 407. The largest absolute Gasteiger partial charge is 0.366 e. The first-order valence-corrected chi connectivity index (χ1v) is 7.55. The summed E-state index contributed by atoms with van der Waals surface area (Å²) in [6.07, 6.45) is 3.29. The van der Waals surface area contributed by atoms with Crippen LogP contribution in [0.4, 0.5) is 0 Å². The number of carbonyl (C=O) groups excluding carboxylic acids is 1. The van der Waals surface area contributed by atoms with Crippen LogP contribution in [0.2, 0.25) is 0 Å². The molecule has 0 saturated heterocycles. The van der Waals surface area contributed by atoms with Gasteiger partial charge in [0.1, 0.15) is 0 Å². The minimum atomic E-state index is -0.369. The van der Waals surface area contributed by atoms with Crippen molar-refractivity contribution in [2.24, 2.45) is 5.73 Å². The smallest absolute Gasteiger partial charge is 0.248 e. The molecule has 4 heteroatoms. The van der Waals surface area contributed by atoms with E-state index >= 15 is 0 Å². The Balaban J connectivity index is 2.55. The predicted octanol–water partition coefficient (Wildman–Crippen LogP) is 2.33. The van der Waals surface area contributed by atoms with Gasteiger partial charge in [0.2, 0.25) is 5.91 Å². The molecule has 0 heterocycles. The molecule has 1 aromatic carbocycles. The van der Waals surface area contributed by atoms with Crippen molar-refractivity contribution in [3.05, 3.63) is 34.9 Å². The number of primary amides is 1. The van der Waals surface area contributed by atoms with E-state index in [-0.39, 0.29) is 5.91 Å². The third kappa shape index (κ3) is 4.70. The molecule has 0 saturated carbocycles. The minimum absolute atomic E-state index is 0.369. The van der Waals surface area contributed by atoms with E-state index in [4.69, 9.17) is 5.73 Å². The standard InChI is InChI=1S/C14H22N2OS/c1-10-8-12(14(15)17)4-5-13(10)9-16-11(2)6-7-18-3/h4-5,8,11,16H,6-7,9H2,1-3H3,(H2,15,17). The molecule has 0 aliphatic rings. The monoisotopic (exact) mass is 266 g/mol. The second-order valence-electron chi connectivity index (χ2n) is 4.57.